The lowest BCUT2D eigenvalue weighted by atomic mass is 10.1. The van der Waals surface area contributed by atoms with Crippen molar-refractivity contribution in [3.8, 4) is 0 Å². The van der Waals surface area contributed by atoms with Crippen molar-refractivity contribution >= 4 is 28.9 Å². The van der Waals surface area contributed by atoms with Crippen molar-refractivity contribution in [1.82, 2.24) is 4.98 Å². The van der Waals surface area contributed by atoms with E-state index < -0.39 is 5.97 Å². The molecule has 6 heteroatoms. The minimum absolute atomic E-state index is 0.316. The molecule has 1 aromatic carbocycles. The Morgan fingerprint density at radius 3 is 2.36 bits per heavy atom. The van der Waals surface area contributed by atoms with Gasteiger partial charge >= 0.3 is 5.97 Å². The van der Waals surface area contributed by atoms with Gasteiger partial charge in [0.05, 0.1) is 10.7 Å². The highest BCUT2D eigenvalue weighted by molar-refractivity contribution is 7.13. The van der Waals surface area contributed by atoms with Gasteiger partial charge in [-0.05, 0) is 38.8 Å². The third kappa shape index (κ3) is 3.71. The molecule has 0 atom stereocenters. The number of hydrogen-bond acceptors (Lipinski definition) is 5. The molecular weight excluding hydrogens is 300 g/mol. The topological polar surface area (TPSA) is 68.3 Å². The number of ether oxygens (including phenoxy) is 1. The van der Waals surface area contributed by atoms with E-state index in [1.807, 2.05) is 39.0 Å². The Kier molecular flexibility index (Phi) is 4.92. The largest absolute Gasteiger partial charge is 0.451 e. The van der Waals surface area contributed by atoms with Gasteiger partial charge < -0.3 is 10.1 Å². The highest BCUT2D eigenvalue weighted by Crippen LogP contribution is 2.20. The van der Waals surface area contributed by atoms with Crippen LogP contribution in [0.5, 0.6) is 0 Å². The van der Waals surface area contributed by atoms with Crippen molar-refractivity contribution in [2.45, 2.75) is 27.7 Å². The number of rotatable bonds is 4. The molecule has 0 saturated heterocycles. The molecule has 0 spiro atoms. The SMILES string of the molecule is Cc1nc(C)c(C(=O)OCC(=O)Nc2c(C)cccc2C)s1. The number of amides is 1. The van der Waals surface area contributed by atoms with E-state index in [1.54, 1.807) is 6.92 Å². The Morgan fingerprint density at radius 2 is 1.82 bits per heavy atom. The number of para-hydroxylation sites is 1. The number of thiazole rings is 1. The van der Waals surface area contributed by atoms with Gasteiger partial charge in [0, 0.05) is 5.69 Å². The molecule has 0 unspecified atom stereocenters. The van der Waals surface area contributed by atoms with Crippen molar-refractivity contribution in [2.75, 3.05) is 11.9 Å². The van der Waals surface area contributed by atoms with Crippen LogP contribution in [0.4, 0.5) is 5.69 Å². The van der Waals surface area contributed by atoms with Crippen LogP contribution in [0.3, 0.4) is 0 Å². The van der Waals surface area contributed by atoms with E-state index in [2.05, 4.69) is 10.3 Å². The van der Waals surface area contributed by atoms with Gasteiger partial charge in [0.15, 0.2) is 6.61 Å². The third-order valence-corrected chi connectivity index (χ3v) is 4.22. The van der Waals surface area contributed by atoms with Crippen LogP contribution in [-0.2, 0) is 9.53 Å². The number of anilines is 1. The first kappa shape index (κ1) is 16.2. The predicted molar refractivity (Wildman–Crippen MR) is 86.4 cm³/mol. The molecule has 0 radical (unpaired) electrons. The molecule has 1 N–H and O–H groups in total. The summed E-state index contributed by atoms with van der Waals surface area (Å²) in [5.74, 6) is -0.871. The smallest absolute Gasteiger partial charge is 0.350 e. The van der Waals surface area contributed by atoms with Gasteiger partial charge in [0.25, 0.3) is 5.91 Å². The van der Waals surface area contributed by atoms with Crippen molar-refractivity contribution in [2.24, 2.45) is 0 Å². The second-order valence-corrected chi connectivity index (χ2v) is 6.24. The summed E-state index contributed by atoms with van der Waals surface area (Å²) in [4.78, 5) is 28.5. The zero-order chi connectivity index (χ0) is 16.3. The molecule has 1 amide bonds. The molecule has 0 saturated carbocycles. The van der Waals surface area contributed by atoms with Gasteiger partial charge in [-0.1, -0.05) is 18.2 Å². The fraction of sp³-hybridized carbons (Fsp3) is 0.312. The number of nitrogens with zero attached hydrogens (tertiary/aromatic N) is 1. The van der Waals surface area contributed by atoms with Gasteiger partial charge in [0.1, 0.15) is 4.88 Å². The molecule has 22 heavy (non-hydrogen) atoms. The molecule has 2 rings (SSSR count). The molecule has 0 aliphatic carbocycles. The normalized spacial score (nSPS) is 10.4. The first-order valence-corrected chi connectivity index (χ1v) is 7.67. The standard InChI is InChI=1S/C16H18N2O3S/c1-9-6-5-7-10(2)14(9)18-13(19)8-21-16(20)15-11(3)17-12(4)22-15/h5-7H,8H2,1-4H3,(H,18,19). The maximum Gasteiger partial charge on any atom is 0.350 e. The Hall–Kier alpha value is -2.21. The number of aryl methyl sites for hydroxylation is 4. The summed E-state index contributed by atoms with van der Waals surface area (Å²) in [7, 11) is 0. The quantitative estimate of drug-likeness (QED) is 0.879. The number of carbonyl (C=O) groups excluding carboxylic acids is 2. The van der Waals surface area contributed by atoms with Gasteiger partial charge in [-0.25, -0.2) is 9.78 Å². The second kappa shape index (κ2) is 6.70. The lowest BCUT2D eigenvalue weighted by Gasteiger charge is -2.11. The molecule has 0 fully saturated rings. The fourth-order valence-corrected chi connectivity index (χ4v) is 2.92. The summed E-state index contributed by atoms with van der Waals surface area (Å²) in [5.41, 5.74) is 3.32. The number of benzene rings is 1. The molecule has 1 heterocycles. The summed E-state index contributed by atoms with van der Waals surface area (Å²) < 4.78 is 5.06. The molecule has 2 aromatic rings. The molecule has 5 nitrogen and oxygen atoms in total. The zero-order valence-corrected chi connectivity index (χ0v) is 13.8. The summed E-state index contributed by atoms with van der Waals surface area (Å²) in [6.07, 6.45) is 0. The van der Waals surface area contributed by atoms with Crippen LogP contribution in [0.15, 0.2) is 18.2 Å². The van der Waals surface area contributed by atoms with E-state index in [1.165, 1.54) is 11.3 Å². The third-order valence-electron chi connectivity index (χ3n) is 3.17. The highest BCUT2D eigenvalue weighted by atomic mass is 32.1. The number of hydrogen-bond donors (Lipinski definition) is 1. The first-order valence-electron chi connectivity index (χ1n) is 6.85. The second-order valence-electron chi connectivity index (χ2n) is 5.04. The average Bonchev–Trinajstić information content (AvgIpc) is 2.79. The summed E-state index contributed by atoms with van der Waals surface area (Å²) in [5, 5.41) is 3.57. The van der Waals surface area contributed by atoms with Crippen LogP contribution in [0.1, 0.15) is 31.5 Å². The van der Waals surface area contributed by atoms with Gasteiger partial charge in [-0.15, -0.1) is 11.3 Å². The van der Waals surface area contributed by atoms with Gasteiger partial charge in [-0.3, -0.25) is 4.79 Å². The Bertz CT molecular complexity index is 702. The predicted octanol–water partition coefficient (Wildman–Crippen LogP) is 3.17. The van der Waals surface area contributed by atoms with Crippen LogP contribution in [0, 0.1) is 27.7 Å². The molecule has 0 aliphatic heterocycles. The van der Waals surface area contributed by atoms with Crippen LogP contribution >= 0.6 is 11.3 Å². The highest BCUT2D eigenvalue weighted by Gasteiger charge is 2.17. The monoisotopic (exact) mass is 318 g/mol. The van der Waals surface area contributed by atoms with Crippen LogP contribution < -0.4 is 5.32 Å². The minimum Gasteiger partial charge on any atom is -0.451 e. The summed E-state index contributed by atoms with van der Waals surface area (Å²) >= 11 is 1.27. The van der Waals surface area contributed by atoms with Crippen LogP contribution in [0.25, 0.3) is 0 Å². The lowest BCUT2D eigenvalue weighted by Crippen LogP contribution is -2.21. The Morgan fingerprint density at radius 1 is 1.18 bits per heavy atom. The minimum atomic E-state index is -0.514. The number of nitrogens with one attached hydrogen (secondary N) is 1. The molecule has 116 valence electrons. The average molecular weight is 318 g/mol. The van der Waals surface area contributed by atoms with Crippen LogP contribution in [-0.4, -0.2) is 23.5 Å². The Labute approximate surface area is 133 Å². The van der Waals surface area contributed by atoms with E-state index in [0.717, 1.165) is 21.8 Å². The molecule has 0 aliphatic rings. The fourth-order valence-electron chi connectivity index (χ4n) is 2.10. The van der Waals surface area contributed by atoms with E-state index in [-0.39, 0.29) is 12.5 Å². The number of aromatic nitrogens is 1. The lowest BCUT2D eigenvalue weighted by molar-refractivity contribution is -0.119. The van der Waals surface area contributed by atoms with E-state index >= 15 is 0 Å². The maximum absolute atomic E-state index is 11.9. The number of carbonyl (C=O) groups is 2. The van der Waals surface area contributed by atoms with Crippen molar-refractivity contribution in [3.63, 3.8) is 0 Å². The van der Waals surface area contributed by atoms with E-state index in [9.17, 15) is 9.59 Å². The Balaban J connectivity index is 1.96. The molecule has 1 aromatic heterocycles. The van der Waals surface area contributed by atoms with E-state index in [4.69, 9.17) is 4.74 Å². The summed E-state index contributed by atoms with van der Waals surface area (Å²) in [6, 6.07) is 5.76. The number of esters is 1. The molecular formula is C16H18N2O3S. The first-order chi connectivity index (χ1) is 10.4. The van der Waals surface area contributed by atoms with Crippen molar-refractivity contribution in [1.29, 1.82) is 0 Å². The van der Waals surface area contributed by atoms with E-state index in [0.29, 0.717) is 10.6 Å². The van der Waals surface area contributed by atoms with Gasteiger partial charge in [-0.2, -0.15) is 0 Å². The van der Waals surface area contributed by atoms with Gasteiger partial charge in [0.2, 0.25) is 0 Å². The maximum atomic E-state index is 11.9. The molecule has 0 bridgehead atoms. The van der Waals surface area contributed by atoms with Crippen molar-refractivity contribution in [3.05, 3.63) is 44.9 Å². The zero-order valence-electron chi connectivity index (χ0n) is 13.0. The van der Waals surface area contributed by atoms with Crippen molar-refractivity contribution < 1.29 is 14.3 Å². The van der Waals surface area contributed by atoms with Crippen LogP contribution in [0.2, 0.25) is 0 Å². The summed E-state index contributed by atoms with van der Waals surface area (Å²) in [6.45, 7) is 7.08.